The van der Waals surface area contributed by atoms with Crippen LogP contribution in [-0.4, -0.2) is 9.13 Å². The number of hydrogen-bond acceptors (Lipinski definition) is 2. The average molecular weight is 681 g/mol. The van der Waals surface area contributed by atoms with E-state index in [-0.39, 0.29) is 0 Å². The van der Waals surface area contributed by atoms with Crippen molar-refractivity contribution in [1.82, 2.24) is 9.13 Å². The SMILES string of the molecule is C=C/C=C\c1c(C)oc2c1cc(-n1c3ccccc3c3cc(-c4ccc5c(c4)c4ccccc4n5-c4ccccc4)ccc31)c1c3ccccc3oc21. The Bertz CT molecular complexity index is 3310. The Morgan fingerprint density at radius 1 is 0.509 bits per heavy atom. The van der Waals surface area contributed by atoms with Crippen LogP contribution in [0.15, 0.2) is 173 Å². The topological polar surface area (TPSA) is 36.1 Å². The third kappa shape index (κ3) is 4.24. The van der Waals surface area contributed by atoms with Gasteiger partial charge in [-0.1, -0.05) is 110 Å². The number of fused-ring (bicyclic) bond motifs is 11. The van der Waals surface area contributed by atoms with E-state index in [9.17, 15) is 0 Å². The molecule has 7 aromatic carbocycles. The normalized spacial score (nSPS) is 12.2. The third-order valence-corrected chi connectivity index (χ3v) is 10.8. The van der Waals surface area contributed by atoms with E-state index in [0.29, 0.717) is 0 Å². The predicted molar refractivity (Wildman–Crippen MR) is 222 cm³/mol. The Labute approximate surface area is 304 Å². The number of rotatable bonds is 5. The molecular weight excluding hydrogens is 649 g/mol. The number of aromatic nitrogens is 2. The predicted octanol–water partition coefficient (Wildman–Crippen LogP) is 13.7. The molecule has 11 rings (SSSR count). The van der Waals surface area contributed by atoms with Gasteiger partial charge in [0.2, 0.25) is 0 Å². The molecule has 0 aliphatic rings. The molecule has 0 aliphatic carbocycles. The van der Waals surface area contributed by atoms with Crippen LogP contribution in [0.3, 0.4) is 0 Å². The summed E-state index contributed by atoms with van der Waals surface area (Å²) < 4.78 is 17.8. The quantitative estimate of drug-likeness (QED) is 0.170. The van der Waals surface area contributed by atoms with Crippen LogP contribution in [0, 0.1) is 6.92 Å². The molecule has 4 heterocycles. The van der Waals surface area contributed by atoms with Crippen molar-refractivity contribution in [3.8, 4) is 22.5 Å². The van der Waals surface area contributed by atoms with Crippen LogP contribution in [0.4, 0.5) is 0 Å². The van der Waals surface area contributed by atoms with Crippen LogP contribution in [0.1, 0.15) is 11.3 Å². The summed E-state index contributed by atoms with van der Waals surface area (Å²) in [4.78, 5) is 0. The fourth-order valence-corrected chi connectivity index (χ4v) is 8.52. The van der Waals surface area contributed by atoms with Gasteiger partial charge in [0.15, 0.2) is 11.2 Å². The van der Waals surface area contributed by atoms with E-state index < -0.39 is 0 Å². The number of aryl methyl sites for hydroxylation is 1. The number of hydrogen-bond donors (Lipinski definition) is 0. The first-order valence-corrected chi connectivity index (χ1v) is 18.0. The van der Waals surface area contributed by atoms with Crippen molar-refractivity contribution in [2.24, 2.45) is 0 Å². The van der Waals surface area contributed by atoms with Crippen LogP contribution in [0.5, 0.6) is 0 Å². The lowest BCUT2D eigenvalue weighted by molar-refractivity contribution is 0.568. The molecule has 0 aliphatic heterocycles. The second kappa shape index (κ2) is 11.2. The van der Waals surface area contributed by atoms with Gasteiger partial charge in [-0.3, -0.25) is 0 Å². The summed E-state index contributed by atoms with van der Waals surface area (Å²) in [6.07, 6.45) is 5.82. The summed E-state index contributed by atoms with van der Waals surface area (Å²) in [6, 6.07) is 52.3. The van der Waals surface area contributed by atoms with Crippen LogP contribution < -0.4 is 0 Å². The number of benzene rings is 7. The Morgan fingerprint density at radius 3 is 1.79 bits per heavy atom. The third-order valence-electron chi connectivity index (χ3n) is 10.8. The zero-order chi connectivity index (χ0) is 35.2. The van der Waals surface area contributed by atoms with Gasteiger partial charge in [0.1, 0.15) is 11.3 Å². The van der Waals surface area contributed by atoms with E-state index in [1.165, 1.54) is 43.7 Å². The van der Waals surface area contributed by atoms with E-state index in [1.54, 1.807) is 6.08 Å². The van der Waals surface area contributed by atoms with Crippen LogP contribution in [0.25, 0.3) is 105 Å². The van der Waals surface area contributed by atoms with Gasteiger partial charge in [0.25, 0.3) is 0 Å². The number of allylic oxidation sites excluding steroid dienone is 2. The summed E-state index contributed by atoms with van der Waals surface area (Å²) in [5.74, 6) is 0.840. The van der Waals surface area contributed by atoms with Gasteiger partial charge in [-0.15, -0.1) is 0 Å². The first-order chi connectivity index (χ1) is 26.2. The summed E-state index contributed by atoms with van der Waals surface area (Å²) in [5, 5.41) is 7.98. The van der Waals surface area contributed by atoms with Crippen molar-refractivity contribution in [1.29, 1.82) is 0 Å². The molecular formula is C49H32N2O2. The molecule has 0 saturated heterocycles. The standard InChI is InChI=1S/C49H32N2O2/c1-3-4-16-34-30(2)52-48-40(34)29-45(47-37-19-10-13-22-46(37)53-49(47)48)51-42-21-12-9-18-36(42)39-28-32(24-26-44(39)51)31-23-25-43-38(27-31)35-17-8-11-20-41(35)50(43)33-14-6-5-7-15-33/h3-29H,1H2,2H3/b16-4-. The lowest BCUT2D eigenvalue weighted by atomic mass is 10.0. The molecule has 0 radical (unpaired) electrons. The molecule has 0 atom stereocenters. The van der Waals surface area contributed by atoms with Gasteiger partial charge in [0, 0.05) is 43.6 Å². The number of para-hydroxylation sites is 4. The molecule has 0 fully saturated rings. The lowest BCUT2D eigenvalue weighted by Gasteiger charge is -2.11. The zero-order valence-electron chi connectivity index (χ0n) is 29.0. The second-order valence-electron chi connectivity index (χ2n) is 13.7. The molecule has 4 aromatic heterocycles. The average Bonchev–Trinajstić information content (AvgIpc) is 3.94. The highest BCUT2D eigenvalue weighted by Crippen LogP contribution is 2.45. The monoisotopic (exact) mass is 680 g/mol. The Hall–Kier alpha value is -7.04. The summed E-state index contributed by atoms with van der Waals surface area (Å²) in [7, 11) is 0. The van der Waals surface area contributed by atoms with Gasteiger partial charge < -0.3 is 18.0 Å². The Kier molecular flexibility index (Phi) is 6.29. The molecule has 0 unspecified atom stereocenters. The van der Waals surface area contributed by atoms with E-state index in [1.807, 2.05) is 25.1 Å². The molecule has 0 bridgehead atoms. The van der Waals surface area contributed by atoms with E-state index in [2.05, 4.69) is 155 Å². The Balaban J connectivity index is 1.18. The molecule has 53 heavy (non-hydrogen) atoms. The lowest BCUT2D eigenvalue weighted by Crippen LogP contribution is -1.95. The maximum absolute atomic E-state index is 6.62. The van der Waals surface area contributed by atoms with Crippen molar-refractivity contribution in [3.05, 3.63) is 176 Å². The first-order valence-electron chi connectivity index (χ1n) is 18.0. The van der Waals surface area contributed by atoms with Gasteiger partial charge in [0.05, 0.1) is 33.1 Å². The van der Waals surface area contributed by atoms with Crippen molar-refractivity contribution < 1.29 is 8.83 Å². The van der Waals surface area contributed by atoms with E-state index in [0.717, 1.165) is 66.6 Å². The molecule has 11 aromatic rings. The molecule has 4 nitrogen and oxygen atoms in total. The van der Waals surface area contributed by atoms with E-state index in [4.69, 9.17) is 8.83 Å². The van der Waals surface area contributed by atoms with Gasteiger partial charge >= 0.3 is 0 Å². The minimum Gasteiger partial charge on any atom is -0.457 e. The Morgan fingerprint density at radius 2 is 1.09 bits per heavy atom. The summed E-state index contributed by atoms with van der Waals surface area (Å²) >= 11 is 0. The van der Waals surface area contributed by atoms with Crippen LogP contribution in [0.2, 0.25) is 0 Å². The van der Waals surface area contributed by atoms with Crippen molar-refractivity contribution in [3.63, 3.8) is 0 Å². The molecule has 4 heteroatoms. The molecule has 0 N–H and O–H groups in total. The largest absolute Gasteiger partial charge is 0.457 e. The number of nitrogens with zero attached hydrogens (tertiary/aromatic N) is 2. The smallest absolute Gasteiger partial charge is 0.180 e. The minimum atomic E-state index is 0.755. The molecule has 0 saturated carbocycles. The van der Waals surface area contributed by atoms with Crippen molar-refractivity contribution in [2.45, 2.75) is 6.92 Å². The summed E-state index contributed by atoms with van der Waals surface area (Å²) in [5.41, 5.74) is 12.6. The van der Waals surface area contributed by atoms with Crippen LogP contribution in [-0.2, 0) is 0 Å². The summed E-state index contributed by atoms with van der Waals surface area (Å²) in [6.45, 7) is 5.91. The molecule has 0 amide bonds. The zero-order valence-corrected chi connectivity index (χ0v) is 29.0. The number of furan rings is 2. The second-order valence-corrected chi connectivity index (χ2v) is 13.7. The minimum absolute atomic E-state index is 0.755. The fourth-order valence-electron chi connectivity index (χ4n) is 8.52. The molecule has 250 valence electrons. The van der Waals surface area contributed by atoms with Gasteiger partial charge in [-0.2, -0.15) is 0 Å². The maximum atomic E-state index is 6.62. The van der Waals surface area contributed by atoms with Gasteiger partial charge in [-0.05, 0) is 78.7 Å². The van der Waals surface area contributed by atoms with E-state index >= 15 is 0 Å². The fraction of sp³-hybridized carbons (Fsp3) is 0.0204. The molecule has 0 spiro atoms. The van der Waals surface area contributed by atoms with Crippen LogP contribution >= 0.6 is 0 Å². The highest BCUT2D eigenvalue weighted by Gasteiger charge is 2.24. The van der Waals surface area contributed by atoms with Gasteiger partial charge in [-0.25, -0.2) is 0 Å². The highest BCUT2D eigenvalue weighted by molar-refractivity contribution is 6.21. The highest BCUT2D eigenvalue weighted by atomic mass is 16.4. The first kappa shape index (κ1) is 29.7. The van der Waals surface area contributed by atoms with Crippen molar-refractivity contribution in [2.75, 3.05) is 0 Å². The maximum Gasteiger partial charge on any atom is 0.180 e. The van der Waals surface area contributed by atoms with Crippen molar-refractivity contribution >= 4 is 82.6 Å².